The Labute approximate surface area is 110 Å². The molecule has 0 aliphatic heterocycles. The van der Waals surface area contributed by atoms with Crippen LogP contribution < -0.4 is 5.32 Å². The SMILES string of the molecule is Cc1nc(-c2ccc(NCC(O)CCl)cc2)no1. The molecule has 0 spiro atoms. The first-order chi connectivity index (χ1) is 8.69. The van der Waals surface area contributed by atoms with Crippen molar-refractivity contribution in [3.8, 4) is 11.4 Å². The van der Waals surface area contributed by atoms with Crippen molar-refractivity contribution in [1.29, 1.82) is 0 Å². The van der Waals surface area contributed by atoms with Gasteiger partial charge in [-0.15, -0.1) is 11.6 Å². The number of aryl methyl sites for hydroxylation is 1. The number of benzene rings is 1. The van der Waals surface area contributed by atoms with E-state index in [1.165, 1.54) is 0 Å². The van der Waals surface area contributed by atoms with Gasteiger partial charge in [-0.1, -0.05) is 5.16 Å². The van der Waals surface area contributed by atoms with E-state index in [9.17, 15) is 5.11 Å². The number of alkyl halides is 1. The maximum atomic E-state index is 9.33. The Bertz CT molecular complexity index is 498. The number of anilines is 1. The molecule has 1 aromatic heterocycles. The van der Waals surface area contributed by atoms with Gasteiger partial charge in [0.1, 0.15) is 0 Å². The van der Waals surface area contributed by atoms with E-state index in [-0.39, 0.29) is 5.88 Å². The van der Waals surface area contributed by atoms with Crippen molar-refractivity contribution in [2.75, 3.05) is 17.7 Å². The van der Waals surface area contributed by atoms with Crippen molar-refractivity contribution < 1.29 is 9.63 Å². The van der Waals surface area contributed by atoms with Crippen LogP contribution in [0.2, 0.25) is 0 Å². The van der Waals surface area contributed by atoms with E-state index in [4.69, 9.17) is 16.1 Å². The highest BCUT2D eigenvalue weighted by Crippen LogP contribution is 2.18. The highest BCUT2D eigenvalue weighted by atomic mass is 35.5. The Morgan fingerprint density at radius 3 is 2.67 bits per heavy atom. The van der Waals surface area contributed by atoms with Gasteiger partial charge >= 0.3 is 0 Å². The number of aliphatic hydroxyl groups excluding tert-OH is 1. The summed E-state index contributed by atoms with van der Waals surface area (Å²) in [7, 11) is 0. The number of aliphatic hydroxyl groups is 1. The molecule has 0 aliphatic rings. The Kier molecular flexibility index (Phi) is 4.17. The summed E-state index contributed by atoms with van der Waals surface area (Å²) in [6, 6.07) is 7.56. The third-order valence-electron chi connectivity index (χ3n) is 2.39. The van der Waals surface area contributed by atoms with E-state index in [0.717, 1.165) is 11.3 Å². The fraction of sp³-hybridized carbons (Fsp3) is 0.333. The molecule has 2 rings (SSSR count). The quantitative estimate of drug-likeness (QED) is 0.812. The molecule has 1 unspecified atom stereocenters. The van der Waals surface area contributed by atoms with Crippen LogP contribution in [0.25, 0.3) is 11.4 Å². The summed E-state index contributed by atoms with van der Waals surface area (Å²) in [5, 5.41) is 16.2. The predicted molar refractivity (Wildman–Crippen MR) is 69.7 cm³/mol. The molecule has 5 nitrogen and oxygen atoms in total. The highest BCUT2D eigenvalue weighted by molar-refractivity contribution is 6.18. The number of halogens is 1. The van der Waals surface area contributed by atoms with Crippen molar-refractivity contribution >= 4 is 17.3 Å². The largest absolute Gasteiger partial charge is 0.390 e. The van der Waals surface area contributed by atoms with Crippen LogP contribution in [0.3, 0.4) is 0 Å². The first-order valence-corrected chi connectivity index (χ1v) is 6.11. The van der Waals surface area contributed by atoms with Crippen molar-refractivity contribution in [1.82, 2.24) is 10.1 Å². The van der Waals surface area contributed by atoms with Gasteiger partial charge in [0.05, 0.1) is 12.0 Å². The van der Waals surface area contributed by atoms with E-state index in [1.54, 1.807) is 6.92 Å². The monoisotopic (exact) mass is 267 g/mol. The third-order valence-corrected chi connectivity index (χ3v) is 2.75. The van der Waals surface area contributed by atoms with E-state index < -0.39 is 6.10 Å². The molecule has 0 radical (unpaired) electrons. The summed E-state index contributed by atoms with van der Waals surface area (Å²) in [5.41, 5.74) is 1.79. The molecule has 1 atom stereocenters. The Balaban J connectivity index is 2.01. The molecule has 18 heavy (non-hydrogen) atoms. The zero-order valence-electron chi connectivity index (χ0n) is 9.93. The number of aromatic nitrogens is 2. The first-order valence-electron chi connectivity index (χ1n) is 5.57. The first kappa shape index (κ1) is 12.9. The zero-order chi connectivity index (χ0) is 13.0. The van der Waals surface area contributed by atoms with Crippen molar-refractivity contribution in [2.45, 2.75) is 13.0 Å². The van der Waals surface area contributed by atoms with E-state index in [0.29, 0.717) is 18.3 Å². The summed E-state index contributed by atoms with van der Waals surface area (Å²) in [4.78, 5) is 4.14. The summed E-state index contributed by atoms with van der Waals surface area (Å²) in [5.74, 6) is 1.32. The van der Waals surface area contributed by atoms with Gasteiger partial charge < -0.3 is 14.9 Å². The lowest BCUT2D eigenvalue weighted by Crippen LogP contribution is -2.20. The van der Waals surface area contributed by atoms with Crippen LogP contribution in [0.5, 0.6) is 0 Å². The molecule has 6 heteroatoms. The summed E-state index contributed by atoms with van der Waals surface area (Å²) < 4.78 is 4.92. The maximum absolute atomic E-state index is 9.33. The van der Waals surface area contributed by atoms with Crippen molar-refractivity contribution in [3.63, 3.8) is 0 Å². The second-order valence-corrected chi connectivity index (χ2v) is 4.21. The second-order valence-electron chi connectivity index (χ2n) is 3.90. The molecule has 0 bridgehead atoms. The van der Waals surface area contributed by atoms with E-state index in [1.807, 2.05) is 24.3 Å². The maximum Gasteiger partial charge on any atom is 0.223 e. The molecule has 96 valence electrons. The Morgan fingerprint density at radius 1 is 1.39 bits per heavy atom. The summed E-state index contributed by atoms with van der Waals surface area (Å²) >= 11 is 5.51. The van der Waals surface area contributed by atoms with Crippen LogP contribution in [-0.2, 0) is 0 Å². The van der Waals surface area contributed by atoms with Crippen LogP contribution in [0.4, 0.5) is 5.69 Å². The predicted octanol–water partition coefficient (Wildman–Crippen LogP) is 2.06. The van der Waals surface area contributed by atoms with Crippen LogP contribution >= 0.6 is 11.6 Å². The number of nitrogens with zero attached hydrogens (tertiary/aromatic N) is 2. The van der Waals surface area contributed by atoms with Crippen LogP contribution in [0.15, 0.2) is 28.8 Å². The molecule has 0 fully saturated rings. The number of hydrogen-bond acceptors (Lipinski definition) is 5. The van der Waals surface area contributed by atoms with Crippen molar-refractivity contribution in [2.24, 2.45) is 0 Å². The molecule has 0 saturated carbocycles. The average molecular weight is 268 g/mol. The molecule has 2 N–H and O–H groups in total. The molecular weight excluding hydrogens is 254 g/mol. The van der Waals surface area contributed by atoms with Gasteiger partial charge in [-0.2, -0.15) is 4.98 Å². The number of rotatable bonds is 5. The molecule has 1 heterocycles. The standard InChI is InChI=1S/C12H14ClN3O2/c1-8-15-12(16-18-8)9-2-4-10(5-3-9)14-7-11(17)6-13/h2-5,11,14,17H,6-7H2,1H3. The van der Waals surface area contributed by atoms with Gasteiger partial charge in [0.25, 0.3) is 0 Å². The Hall–Kier alpha value is -1.59. The molecular formula is C12H14ClN3O2. The lowest BCUT2D eigenvalue weighted by atomic mass is 10.2. The topological polar surface area (TPSA) is 71.2 Å². The minimum Gasteiger partial charge on any atom is -0.390 e. The average Bonchev–Trinajstić information content (AvgIpc) is 2.83. The van der Waals surface area contributed by atoms with Gasteiger partial charge in [0.15, 0.2) is 0 Å². The summed E-state index contributed by atoms with van der Waals surface area (Å²) in [6.45, 7) is 2.17. The van der Waals surface area contributed by atoms with E-state index >= 15 is 0 Å². The molecule has 0 aliphatic carbocycles. The Morgan fingerprint density at radius 2 is 2.11 bits per heavy atom. The smallest absolute Gasteiger partial charge is 0.223 e. The second kappa shape index (κ2) is 5.84. The van der Waals surface area contributed by atoms with Crippen LogP contribution in [0.1, 0.15) is 5.89 Å². The lowest BCUT2D eigenvalue weighted by Gasteiger charge is -2.09. The minimum atomic E-state index is -0.550. The molecule has 1 aromatic carbocycles. The normalized spacial score (nSPS) is 12.4. The van der Waals surface area contributed by atoms with Gasteiger partial charge in [0, 0.05) is 24.7 Å². The van der Waals surface area contributed by atoms with E-state index in [2.05, 4.69) is 15.5 Å². The summed E-state index contributed by atoms with van der Waals surface area (Å²) in [6.07, 6.45) is -0.550. The van der Waals surface area contributed by atoms with Crippen molar-refractivity contribution in [3.05, 3.63) is 30.2 Å². The fourth-order valence-electron chi connectivity index (χ4n) is 1.44. The molecule has 0 amide bonds. The minimum absolute atomic E-state index is 0.215. The molecule has 2 aromatic rings. The van der Waals surface area contributed by atoms with Gasteiger partial charge in [-0.05, 0) is 24.3 Å². The zero-order valence-corrected chi connectivity index (χ0v) is 10.7. The van der Waals surface area contributed by atoms with Crippen LogP contribution in [-0.4, -0.2) is 33.8 Å². The van der Waals surface area contributed by atoms with Gasteiger partial charge in [-0.3, -0.25) is 0 Å². The van der Waals surface area contributed by atoms with Gasteiger partial charge in [-0.25, -0.2) is 0 Å². The number of hydrogen-bond donors (Lipinski definition) is 2. The van der Waals surface area contributed by atoms with Crippen LogP contribution in [0, 0.1) is 6.92 Å². The third kappa shape index (κ3) is 3.21. The number of nitrogens with one attached hydrogen (secondary N) is 1. The highest BCUT2D eigenvalue weighted by Gasteiger charge is 2.06. The molecule has 0 saturated heterocycles. The van der Waals surface area contributed by atoms with Gasteiger partial charge in [0.2, 0.25) is 11.7 Å². The fourth-order valence-corrected chi connectivity index (χ4v) is 1.55. The lowest BCUT2D eigenvalue weighted by molar-refractivity contribution is 0.211.